The highest BCUT2D eigenvalue weighted by atomic mass is 16.4. The summed E-state index contributed by atoms with van der Waals surface area (Å²) in [4.78, 5) is 28.4. The highest BCUT2D eigenvalue weighted by Gasteiger charge is 2.15. The molecule has 3 N–H and O–H groups in total. The van der Waals surface area contributed by atoms with Gasteiger partial charge in [0.2, 0.25) is 0 Å². The molecule has 0 atom stereocenters. The number of carboxylic acids is 1. The second-order valence-corrected chi connectivity index (χ2v) is 9.45. The number of nitrogens with zero attached hydrogens (tertiary/aromatic N) is 2. The third-order valence-electron chi connectivity index (χ3n) is 6.88. The number of H-pyrrole nitrogens is 2. The zero-order valence-electron chi connectivity index (χ0n) is 20.7. The molecule has 0 saturated carbocycles. The summed E-state index contributed by atoms with van der Waals surface area (Å²) in [6, 6.07) is 29.3. The molecule has 8 bridgehead atoms. The maximum atomic E-state index is 11.5. The van der Waals surface area contributed by atoms with Crippen molar-refractivity contribution >= 4 is 52.3 Å². The summed E-state index contributed by atoms with van der Waals surface area (Å²) in [5.74, 6) is -0.957. The van der Waals surface area contributed by atoms with E-state index in [-0.39, 0.29) is 5.56 Å². The van der Waals surface area contributed by atoms with Crippen molar-refractivity contribution in [2.24, 2.45) is 0 Å². The number of aromatic carboxylic acids is 1. The first-order valence-electron chi connectivity index (χ1n) is 12.6. The molecule has 5 heterocycles. The molecule has 39 heavy (non-hydrogen) atoms. The number of aromatic amines is 2. The minimum Gasteiger partial charge on any atom is -0.478 e. The standard InChI is InChI=1S/C33H22N4O2/c38-33(39)22-8-6-21(7-9-22)32-28-15-13-26(36-28)19-24-11-10-23(34-24)18-25-12-14-27(35-25)31(20-4-2-1-3-5-20)29-16-17-30(32)37-29/h1-19,35-36H,(H,38,39). The first-order valence-corrected chi connectivity index (χ1v) is 12.6. The van der Waals surface area contributed by atoms with E-state index in [1.165, 1.54) is 0 Å². The van der Waals surface area contributed by atoms with Crippen LogP contribution in [0.25, 0.3) is 68.6 Å². The van der Waals surface area contributed by atoms with E-state index in [9.17, 15) is 9.90 Å². The molecule has 0 fully saturated rings. The van der Waals surface area contributed by atoms with Crippen molar-refractivity contribution in [1.29, 1.82) is 0 Å². The number of nitrogens with one attached hydrogen (secondary N) is 2. The lowest BCUT2D eigenvalue weighted by Gasteiger charge is -2.05. The molecule has 6 nitrogen and oxygen atoms in total. The summed E-state index contributed by atoms with van der Waals surface area (Å²) in [5.41, 5.74) is 11.1. The van der Waals surface area contributed by atoms with Crippen molar-refractivity contribution in [3.8, 4) is 22.3 Å². The summed E-state index contributed by atoms with van der Waals surface area (Å²) in [5, 5.41) is 9.42. The number of rotatable bonds is 3. The summed E-state index contributed by atoms with van der Waals surface area (Å²) < 4.78 is 0. The first-order chi connectivity index (χ1) is 19.1. The van der Waals surface area contributed by atoms with Crippen LogP contribution in [0.4, 0.5) is 0 Å². The van der Waals surface area contributed by atoms with Gasteiger partial charge in [0, 0.05) is 33.2 Å². The Morgan fingerprint density at radius 1 is 0.590 bits per heavy atom. The van der Waals surface area contributed by atoms with Gasteiger partial charge in [0.05, 0.1) is 28.3 Å². The molecule has 2 aliphatic heterocycles. The predicted octanol–water partition coefficient (Wildman–Crippen LogP) is 7.69. The Balaban J connectivity index is 1.60. The number of hydrogen-bond donors (Lipinski definition) is 3. The van der Waals surface area contributed by atoms with E-state index in [2.05, 4.69) is 34.2 Å². The second kappa shape index (κ2) is 9.11. The third kappa shape index (κ3) is 4.24. The van der Waals surface area contributed by atoms with Gasteiger partial charge in [-0.1, -0.05) is 42.5 Å². The molecule has 0 unspecified atom stereocenters. The predicted molar refractivity (Wildman–Crippen MR) is 157 cm³/mol. The van der Waals surface area contributed by atoms with Crippen LogP contribution in [0.3, 0.4) is 0 Å². The second-order valence-electron chi connectivity index (χ2n) is 9.45. The average Bonchev–Trinajstić information content (AvgIpc) is 3.76. The molecule has 3 aromatic heterocycles. The fraction of sp³-hybridized carbons (Fsp3) is 0. The number of fused-ring (bicyclic) bond motifs is 8. The first kappa shape index (κ1) is 22.7. The van der Waals surface area contributed by atoms with Gasteiger partial charge in [-0.2, -0.15) is 0 Å². The summed E-state index contributed by atoms with van der Waals surface area (Å²) in [6.45, 7) is 0. The molecule has 0 spiro atoms. The van der Waals surface area contributed by atoms with Crippen molar-refractivity contribution in [2.45, 2.75) is 0 Å². The van der Waals surface area contributed by atoms with Crippen molar-refractivity contribution in [3.05, 3.63) is 119 Å². The molecule has 0 aliphatic carbocycles. The molecule has 0 amide bonds. The van der Waals surface area contributed by atoms with Gasteiger partial charge in [0.1, 0.15) is 0 Å². The van der Waals surface area contributed by atoms with Gasteiger partial charge in [-0.3, -0.25) is 0 Å². The van der Waals surface area contributed by atoms with Crippen LogP contribution < -0.4 is 0 Å². The van der Waals surface area contributed by atoms with Crippen molar-refractivity contribution in [2.75, 3.05) is 0 Å². The van der Waals surface area contributed by atoms with Crippen molar-refractivity contribution < 1.29 is 9.90 Å². The lowest BCUT2D eigenvalue weighted by molar-refractivity contribution is 0.0697. The number of carbonyl (C=O) groups is 1. The Bertz CT molecular complexity index is 1980. The van der Waals surface area contributed by atoms with Gasteiger partial charge >= 0.3 is 5.97 Å². The SMILES string of the molecule is O=C(O)c1ccc(-c2c3nc(c(-c4ccccc4)c4ccc(cc5nc(cc6ccc2[nH]6)C=C5)[nH]4)C=C3)cc1. The number of hydrogen-bond acceptors (Lipinski definition) is 3. The average molecular weight is 507 g/mol. The van der Waals surface area contributed by atoms with Crippen molar-refractivity contribution in [1.82, 2.24) is 19.9 Å². The summed E-state index contributed by atoms with van der Waals surface area (Å²) in [7, 11) is 0. The van der Waals surface area contributed by atoms with Gasteiger partial charge in [0.25, 0.3) is 0 Å². The molecule has 0 saturated heterocycles. The Kier molecular flexibility index (Phi) is 5.30. The molecule has 6 heteroatoms. The van der Waals surface area contributed by atoms with Crippen LogP contribution in [-0.4, -0.2) is 31.0 Å². The van der Waals surface area contributed by atoms with E-state index in [1.54, 1.807) is 12.1 Å². The molecule has 186 valence electrons. The Hall–Kier alpha value is -5.49. The largest absolute Gasteiger partial charge is 0.478 e. The van der Waals surface area contributed by atoms with Crippen LogP contribution in [-0.2, 0) is 0 Å². The van der Waals surface area contributed by atoms with Gasteiger partial charge in [-0.15, -0.1) is 0 Å². The molecule has 0 radical (unpaired) electrons. The van der Waals surface area contributed by atoms with Crippen molar-refractivity contribution in [3.63, 3.8) is 0 Å². The molecular weight excluding hydrogens is 484 g/mol. The van der Waals surface area contributed by atoms with Crippen LogP contribution in [0.1, 0.15) is 33.1 Å². The van der Waals surface area contributed by atoms with E-state index in [0.29, 0.717) is 0 Å². The maximum Gasteiger partial charge on any atom is 0.335 e. The molecule has 7 rings (SSSR count). The van der Waals surface area contributed by atoms with Crippen LogP contribution in [0, 0.1) is 0 Å². The smallest absolute Gasteiger partial charge is 0.335 e. The zero-order chi connectivity index (χ0) is 26.3. The summed E-state index contributed by atoms with van der Waals surface area (Å²) in [6.07, 6.45) is 8.05. The minimum atomic E-state index is -0.957. The quantitative estimate of drug-likeness (QED) is 0.229. The number of carboxylic acid groups (broad SMARTS) is 1. The van der Waals surface area contributed by atoms with Gasteiger partial charge < -0.3 is 15.1 Å². The highest BCUT2D eigenvalue weighted by molar-refractivity contribution is 5.96. The molecule has 2 aliphatic rings. The fourth-order valence-electron chi connectivity index (χ4n) is 5.07. The molecule has 2 aromatic carbocycles. The third-order valence-corrected chi connectivity index (χ3v) is 6.88. The van der Waals surface area contributed by atoms with E-state index < -0.39 is 5.97 Å². The minimum absolute atomic E-state index is 0.237. The van der Waals surface area contributed by atoms with Crippen LogP contribution in [0.5, 0.6) is 0 Å². The normalized spacial score (nSPS) is 12.1. The summed E-state index contributed by atoms with van der Waals surface area (Å²) >= 11 is 0. The number of benzene rings is 2. The number of aromatic nitrogens is 4. The Morgan fingerprint density at radius 3 is 1.67 bits per heavy atom. The van der Waals surface area contributed by atoms with Crippen LogP contribution >= 0.6 is 0 Å². The van der Waals surface area contributed by atoms with E-state index >= 15 is 0 Å². The maximum absolute atomic E-state index is 11.5. The monoisotopic (exact) mass is 506 g/mol. The van der Waals surface area contributed by atoms with E-state index in [0.717, 1.165) is 67.1 Å². The zero-order valence-corrected chi connectivity index (χ0v) is 20.7. The van der Waals surface area contributed by atoms with Gasteiger partial charge in [-0.25, -0.2) is 14.8 Å². The van der Waals surface area contributed by atoms with Gasteiger partial charge in [0.15, 0.2) is 0 Å². The molecule has 5 aromatic rings. The lowest BCUT2D eigenvalue weighted by Crippen LogP contribution is -1.95. The highest BCUT2D eigenvalue weighted by Crippen LogP contribution is 2.34. The molecular formula is C33H22N4O2. The van der Waals surface area contributed by atoms with Crippen LogP contribution in [0.15, 0.2) is 91.0 Å². The topological polar surface area (TPSA) is 94.7 Å². The lowest BCUT2D eigenvalue weighted by atomic mass is 10.0. The van der Waals surface area contributed by atoms with E-state index in [1.807, 2.05) is 78.9 Å². The van der Waals surface area contributed by atoms with E-state index in [4.69, 9.17) is 9.97 Å². The van der Waals surface area contributed by atoms with Crippen LogP contribution in [0.2, 0.25) is 0 Å². The van der Waals surface area contributed by atoms with Gasteiger partial charge in [-0.05, 0) is 84.0 Å². The Labute approximate surface area is 223 Å². The Morgan fingerprint density at radius 2 is 1.13 bits per heavy atom. The fourth-order valence-corrected chi connectivity index (χ4v) is 5.07.